The van der Waals surface area contributed by atoms with Crippen molar-refractivity contribution in [2.75, 3.05) is 13.2 Å². The van der Waals surface area contributed by atoms with Gasteiger partial charge in [0.15, 0.2) is 0 Å². The Balaban J connectivity index is 0.00000407. The van der Waals surface area contributed by atoms with Gasteiger partial charge in [-0.15, -0.1) is 0 Å². The third-order valence-corrected chi connectivity index (χ3v) is 4.87. The molecule has 0 fully saturated rings. The zero-order valence-electron chi connectivity index (χ0n) is 20.0. The second-order valence-corrected chi connectivity index (χ2v) is 9.50. The van der Waals surface area contributed by atoms with Gasteiger partial charge in [0.05, 0.1) is 18.5 Å². The summed E-state index contributed by atoms with van der Waals surface area (Å²) in [6, 6.07) is 7.07. The lowest BCUT2D eigenvalue weighted by molar-refractivity contribution is 0.0587. The second kappa shape index (κ2) is 14.4. The number of benzene rings is 1. The van der Waals surface area contributed by atoms with Gasteiger partial charge >= 0.3 is 0 Å². The van der Waals surface area contributed by atoms with Crippen molar-refractivity contribution in [2.45, 2.75) is 61.8 Å². The molecule has 170 valence electrons. The SMILES string of the molecule is CC.C\C=C/C=C(\C=C/C)OCC(C)(C)CC(C)(C)COc1ccccc1P(O)O. The maximum atomic E-state index is 9.56. The van der Waals surface area contributed by atoms with Crippen LogP contribution in [0, 0.1) is 10.8 Å². The Kier molecular flexibility index (Phi) is 13.6. The third-order valence-electron chi connectivity index (χ3n) is 4.07. The van der Waals surface area contributed by atoms with E-state index < -0.39 is 8.38 Å². The van der Waals surface area contributed by atoms with E-state index in [9.17, 15) is 9.79 Å². The van der Waals surface area contributed by atoms with Gasteiger partial charge in [0.2, 0.25) is 8.38 Å². The quantitative estimate of drug-likeness (QED) is 0.236. The second-order valence-electron chi connectivity index (χ2n) is 8.43. The minimum Gasteiger partial charge on any atom is -0.493 e. The lowest BCUT2D eigenvalue weighted by Gasteiger charge is -2.35. The molecule has 0 amide bonds. The first-order valence-electron chi connectivity index (χ1n) is 10.6. The monoisotopic (exact) mass is 436 g/mol. The van der Waals surface area contributed by atoms with Crippen molar-refractivity contribution in [1.82, 2.24) is 0 Å². The van der Waals surface area contributed by atoms with Crippen LogP contribution in [0.15, 0.2) is 60.4 Å². The van der Waals surface area contributed by atoms with Gasteiger partial charge < -0.3 is 19.3 Å². The molecule has 0 bridgehead atoms. The summed E-state index contributed by atoms with van der Waals surface area (Å²) in [4.78, 5) is 19.1. The van der Waals surface area contributed by atoms with E-state index >= 15 is 0 Å². The molecule has 0 heterocycles. The van der Waals surface area contributed by atoms with Gasteiger partial charge in [-0.3, -0.25) is 0 Å². The Morgan fingerprint density at radius 2 is 1.57 bits per heavy atom. The summed E-state index contributed by atoms with van der Waals surface area (Å²) in [6.07, 6.45) is 10.7. The Morgan fingerprint density at radius 3 is 2.13 bits per heavy atom. The number of rotatable bonds is 11. The summed E-state index contributed by atoms with van der Waals surface area (Å²) in [7, 11) is -2.18. The highest BCUT2D eigenvalue weighted by Gasteiger charge is 2.30. The van der Waals surface area contributed by atoms with Gasteiger partial charge in [-0.2, -0.15) is 0 Å². The molecule has 0 atom stereocenters. The number of hydrogen-bond donors (Lipinski definition) is 2. The van der Waals surface area contributed by atoms with Gasteiger partial charge in [0, 0.05) is 0 Å². The topological polar surface area (TPSA) is 58.9 Å². The molecule has 5 heteroatoms. The highest BCUT2D eigenvalue weighted by Crippen LogP contribution is 2.36. The normalized spacial score (nSPS) is 13.0. The zero-order valence-corrected chi connectivity index (χ0v) is 20.9. The van der Waals surface area contributed by atoms with Crippen LogP contribution in [0.4, 0.5) is 0 Å². The average molecular weight is 437 g/mol. The Morgan fingerprint density at radius 1 is 0.967 bits per heavy atom. The predicted octanol–water partition coefficient (Wildman–Crippen LogP) is 6.51. The lowest BCUT2D eigenvalue weighted by Crippen LogP contribution is -2.32. The Labute approximate surface area is 185 Å². The Hall–Kier alpha value is -1.61. The summed E-state index contributed by atoms with van der Waals surface area (Å²) in [6.45, 7) is 17.7. The molecule has 0 aliphatic carbocycles. The van der Waals surface area contributed by atoms with Crippen molar-refractivity contribution in [3.8, 4) is 5.75 Å². The van der Waals surface area contributed by atoms with Crippen molar-refractivity contribution in [1.29, 1.82) is 0 Å². The van der Waals surface area contributed by atoms with Crippen molar-refractivity contribution in [3.05, 3.63) is 60.4 Å². The first kappa shape index (κ1) is 28.4. The van der Waals surface area contributed by atoms with Crippen LogP contribution in [-0.2, 0) is 4.74 Å². The number of allylic oxidation sites excluding steroid dienone is 5. The van der Waals surface area contributed by atoms with E-state index in [0.717, 1.165) is 12.2 Å². The van der Waals surface area contributed by atoms with Crippen LogP contribution < -0.4 is 10.0 Å². The van der Waals surface area contributed by atoms with Gasteiger partial charge in [0.1, 0.15) is 11.5 Å². The number of para-hydroxylation sites is 1. The van der Waals surface area contributed by atoms with Crippen LogP contribution in [0.2, 0.25) is 0 Å². The molecular formula is C25H41O4P. The maximum Gasteiger partial charge on any atom is 0.203 e. The van der Waals surface area contributed by atoms with Gasteiger partial charge in [-0.1, -0.05) is 71.9 Å². The lowest BCUT2D eigenvalue weighted by atomic mass is 9.76. The molecule has 1 aromatic carbocycles. The molecule has 0 aliphatic heterocycles. The molecule has 0 saturated heterocycles. The summed E-state index contributed by atoms with van der Waals surface area (Å²) in [5, 5.41) is 0.445. The molecule has 30 heavy (non-hydrogen) atoms. The van der Waals surface area contributed by atoms with Gasteiger partial charge in [0.25, 0.3) is 0 Å². The summed E-state index contributed by atoms with van der Waals surface area (Å²) >= 11 is 0. The molecule has 0 unspecified atom stereocenters. The van der Waals surface area contributed by atoms with Gasteiger partial charge in [-0.05, 0) is 55.4 Å². The fraction of sp³-hybridized carbons (Fsp3) is 0.520. The molecule has 0 radical (unpaired) electrons. The highest BCUT2D eigenvalue weighted by molar-refractivity contribution is 7.54. The molecule has 1 aromatic rings. The van der Waals surface area contributed by atoms with Gasteiger partial charge in [-0.25, -0.2) is 0 Å². The van der Waals surface area contributed by atoms with Crippen LogP contribution in [0.25, 0.3) is 0 Å². The van der Waals surface area contributed by atoms with E-state index in [1.807, 2.05) is 64.1 Å². The van der Waals surface area contributed by atoms with E-state index in [4.69, 9.17) is 9.47 Å². The van der Waals surface area contributed by atoms with Crippen LogP contribution in [0.3, 0.4) is 0 Å². The number of ether oxygens (including phenoxy) is 2. The minimum absolute atomic E-state index is 0.0520. The van der Waals surface area contributed by atoms with E-state index in [-0.39, 0.29) is 10.8 Å². The molecule has 1 rings (SSSR count). The highest BCUT2D eigenvalue weighted by atomic mass is 31.2. The molecule has 4 nitrogen and oxygen atoms in total. The zero-order chi connectivity index (χ0) is 23.2. The van der Waals surface area contributed by atoms with E-state index in [2.05, 4.69) is 27.7 Å². The molecule has 0 aromatic heterocycles. The van der Waals surface area contributed by atoms with Crippen molar-refractivity contribution in [2.24, 2.45) is 10.8 Å². The standard InChI is InChI=1S/C23H35O4P.C2H6/c1-7-9-13-19(12-8-2)26-17-22(3,4)16-23(5,6)18-27-20-14-10-11-15-21(20)28(24)25;1-2/h7-15,24-25H,16-18H2,1-6H3;1-2H3/b9-7-,12-8-,19-13+;. The number of hydrogen-bond acceptors (Lipinski definition) is 4. The summed E-state index contributed by atoms with van der Waals surface area (Å²) in [5.41, 5.74) is -0.162. The first-order chi connectivity index (χ1) is 14.1. The first-order valence-corrected chi connectivity index (χ1v) is 11.8. The van der Waals surface area contributed by atoms with Crippen molar-refractivity contribution in [3.63, 3.8) is 0 Å². The Bertz CT molecular complexity index is 688. The van der Waals surface area contributed by atoms with Crippen molar-refractivity contribution >= 4 is 13.7 Å². The molecule has 2 N–H and O–H groups in total. The average Bonchev–Trinajstić information content (AvgIpc) is 2.69. The van der Waals surface area contributed by atoms with Crippen LogP contribution in [-0.4, -0.2) is 23.0 Å². The molecular weight excluding hydrogens is 395 g/mol. The van der Waals surface area contributed by atoms with Crippen LogP contribution in [0.5, 0.6) is 5.75 Å². The smallest absolute Gasteiger partial charge is 0.203 e. The summed E-state index contributed by atoms with van der Waals surface area (Å²) < 4.78 is 12.0. The maximum absolute atomic E-state index is 9.56. The van der Waals surface area contributed by atoms with Crippen LogP contribution in [0.1, 0.15) is 61.8 Å². The van der Waals surface area contributed by atoms with E-state index in [1.54, 1.807) is 18.2 Å². The van der Waals surface area contributed by atoms with E-state index in [1.165, 1.54) is 0 Å². The third kappa shape index (κ3) is 11.5. The fourth-order valence-corrected chi connectivity index (χ4v) is 3.76. The van der Waals surface area contributed by atoms with Crippen molar-refractivity contribution < 1.29 is 19.3 Å². The minimum atomic E-state index is -2.18. The van der Waals surface area contributed by atoms with E-state index in [0.29, 0.717) is 24.3 Å². The molecule has 0 saturated carbocycles. The fourth-order valence-electron chi connectivity index (χ4n) is 3.20. The largest absolute Gasteiger partial charge is 0.493 e. The molecule has 0 spiro atoms. The molecule has 0 aliphatic rings. The van der Waals surface area contributed by atoms with Crippen LogP contribution >= 0.6 is 8.38 Å². The predicted molar refractivity (Wildman–Crippen MR) is 130 cm³/mol. The summed E-state index contributed by atoms with van der Waals surface area (Å²) in [5.74, 6) is 1.38.